The predicted molar refractivity (Wildman–Crippen MR) is 63.9 cm³/mol. The van der Waals surface area contributed by atoms with Gasteiger partial charge < -0.3 is 4.79 Å². The summed E-state index contributed by atoms with van der Waals surface area (Å²) in [4.78, 5) is 10.0. The fraction of sp³-hybridized carbons (Fsp3) is 0.286. The number of carbonyl (C=O) groups is 1. The third-order valence-electron chi connectivity index (χ3n) is 2.28. The van der Waals surface area contributed by atoms with E-state index in [1.165, 1.54) is 12.1 Å². The monoisotopic (exact) mass is 254 g/mol. The van der Waals surface area contributed by atoms with Gasteiger partial charge in [0.2, 0.25) is 0 Å². The molecule has 0 aliphatic rings. The van der Waals surface area contributed by atoms with Crippen LogP contribution in [-0.2, 0) is 11.0 Å². The highest BCUT2D eigenvalue weighted by molar-refractivity contribution is 5.50. The standard InChI is InChI=1S/C14H13F3O/c15-14(16,17)13-9-7-12(8-10-13)6-4-2-1-3-5-11-18/h2,6-11H,1,3,5H2. The first kappa shape index (κ1) is 14.3. The zero-order valence-electron chi connectivity index (χ0n) is 9.70. The Kier molecular flexibility index (Phi) is 5.40. The molecule has 0 fully saturated rings. The maximum Gasteiger partial charge on any atom is 0.416 e. The van der Waals surface area contributed by atoms with Crippen LogP contribution in [0.1, 0.15) is 30.4 Å². The van der Waals surface area contributed by atoms with Gasteiger partial charge in [-0.25, -0.2) is 0 Å². The average Bonchev–Trinajstić information content (AvgIpc) is 2.33. The van der Waals surface area contributed by atoms with Gasteiger partial charge in [0.05, 0.1) is 5.56 Å². The molecule has 0 aliphatic carbocycles. The van der Waals surface area contributed by atoms with Crippen LogP contribution >= 0.6 is 0 Å². The Morgan fingerprint density at radius 1 is 1.11 bits per heavy atom. The van der Waals surface area contributed by atoms with Gasteiger partial charge in [-0.15, -0.1) is 5.73 Å². The maximum atomic E-state index is 12.3. The van der Waals surface area contributed by atoms with Gasteiger partial charge >= 0.3 is 6.18 Å². The van der Waals surface area contributed by atoms with Gasteiger partial charge in [0.1, 0.15) is 6.29 Å². The lowest BCUT2D eigenvalue weighted by molar-refractivity contribution is -0.137. The van der Waals surface area contributed by atoms with Crippen LogP contribution in [-0.4, -0.2) is 6.29 Å². The summed E-state index contributed by atoms with van der Waals surface area (Å²) < 4.78 is 36.9. The van der Waals surface area contributed by atoms with Crippen LogP contribution in [0.25, 0.3) is 6.08 Å². The van der Waals surface area contributed by atoms with Crippen molar-refractivity contribution in [2.24, 2.45) is 0 Å². The van der Waals surface area contributed by atoms with Crippen molar-refractivity contribution < 1.29 is 18.0 Å². The molecule has 0 aliphatic heterocycles. The number of alkyl halides is 3. The number of unbranched alkanes of at least 4 members (excludes halogenated alkanes) is 2. The lowest BCUT2D eigenvalue weighted by Gasteiger charge is -2.05. The van der Waals surface area contributed by atoms with E-state index in [9.17, 15) is 18.0 Å². The first-order valence-corrected chi connectivity index (χ1v) is 5.56. The first-order chi connectivity index (χ1) is 8.54. The fourth-order valence-corrected chi connectivity index (χ4v) is 1.31. The second-order valence-electron chi connectivity index (χ2n) is 3.73. The Balaban J connectivity index is 2.58. The molecule has 18 heavy (non-hydrogen) atoms. The molecule has 96 valence electrons. The molecule has 0 unspecified atom stereocenters. The number of allylic oxidation sites excluding steroid dienone is 1. The topological polar surface area (TPSA) is 17.1 Å². The van der Waals surface area contributed by atoms with Crippen LogP contribution in [0, 0.1) is 0 Å². The van der Waals surface area contributed by atoms with Gasteiger partial charge in [-0.05, 0) is 42.7 Å². The highest BCUT2D eigenvalue weighted by Gasteiger charge is 2.29. The Bertz CT molecular complexity index is 437. The van der Waals surface area contributed by atoms with Gasteiger partial charge in [-0.3, -0.25) is 0 Å². The Hall–Kier alpha value is -1.80. The summed E-state index contributed by atoms with van der Waals surface area (Å²) in [6.07, 6.45) is 1.94. The molecule has 0 atom stereocenters. The number of halogens is 3. The summed E-state index contributed by atoms with van der Waals surface area (Å²) in [5, 5.41) is 0. The molecule has 0 bridgehead atoms. The van der Waals surface area contributed by atoms with Crippen LogP contribution in [0.15, 0.2) is 36.1 Å². The van der Waals surface area contributed by atoms with Crippen molar-refractivity contribution in [3.8, 4) is 0 Å². The molecule has 4 heteroatoms. The number of rotatable bonds is 5. The number of carbonyl (C=O) groups excluding carboxylic acids is 1. The fourth-order valence-electron chi connectivity index (χ4n) is 1.31. The lowest BCUT2D eigenvalue weighted by Crippen LogP contribution is -2.03. The van der Waals surface area contributed by atoms with E-state index in [0.29, 0.717) is 12.0 Å². The molecule has 0 saturated carbocycles. The molecule has 1 nitrogen and oxygen atoms in total. The van der Waals surface area contributed by atoms with E-state index in [1.807, 2.05) is 0 Å². The van der Waals surface area contributed by atoms with Crippen LogP contribution in [0.3, 0.4) is 0 Å². The molecule has 1 rings (SSSR count). The summed E-state index contributed by atoms with van der Waals surface area (Å²) in [5.41, 5.74) is 2.88. The third-order valence-corrected chi connectivity index (χ3v) is 2.28. The quantitative estimate of drug-likeness (QED) is 0.436. The molecule has 1 aromatic carbocycles. The number of hydrogen-bond donors (Lipinski definition) is 0. The minimum absolute atomic E-state index is 0.512. The molecule has 0 N–H and O–H groups in total. The highest BCUT2D eigenvalue weighted by atomic mass is 19.4. The Morgan fingerprint density at radius 2 is 1.78 bits per heavy atom. The maximum absolute atomic E-state index is 12.3. The smallest absolute Gasteiger partial charge is 0.303 e. The molecular weight excluding hydrogens is 241 g/mol. The van der Waals surface area contributed by atoms with Gasteiger partial charge in [0.25, 0.3) is 0 Å². The van der Waals surface area contributed by atoms with Crippen molar-refractivity contribution in [3.63, 3.8) is 0 Å². The summed E-state index contributed by atoms with van der Waals surface area (Å²) in [6.45, 7) is 0. The van der Waals surface area contributed by atoms with Crippen molar-refractivity contribution in [2.75, 3.05) is 0 Å². The summed E-state index contributed by atoms with van der Waals surface area (Å²) >= 11 is 0. The van der Waals surface area contributed by atoms with E-state index < -0.39 is 11.7 Å². The van der Waals surface area contributed by atoms with Crippen LogP contribution in [0.4, 0.5) is 13.2 Å². The summed E-state index contributed by atoms with van der Waals surface area (Å²) in [5.74, 6) is 0. The summed E-state index contributed by atoms with van der Waals surface area (Å²) in [7, 11) is 0. The van der Waals surface area contributed by atoms with Gasteiger partial charge in [-0.1, -0.05) is 12.1 Å². The van der Waals surface area contributed by atoms with E-state index in [0.717, 1.165) is 31.3 Å². The SMILES string of the molecule is O=CCCCC=C=Cc1ccc(C(F)(F)F)cc1. The minimum atomic E-state index is -4.30. The largest absolute Gasteiger partial charge is 0.416 e. The third kappa shape index (κ3) is 5.02. The van der Waals surface area contributed by atoms with Crippen LogP contribution in [0.5, 0.6) is 0 Å². The average molecular weight is 254 g/mol. The number of benzene rings is 1. The minimum Gasteiger partial charge on any atom is -0.303 e. The van der Waals surface area contributed by atoms with E-state index in [4.69, 9.17) is 0 Å². The van der Waals surface area contributed by atoms with Crippen LogP contribution in [0.2, 0.25) is 0 Å². The Labute approximate surface area is 104 Å². The first-order valence-electron chi connectivity index (χ1n) is 5.56. The normalized spacial score (nSPS) is 10.6. The molecule has 0 spiro atoms. The highest BCUT2D eigenvalue weighted by Crippen LogP contribution is 2.29. The van der Waals surface area contributed by atoms with Crippen molar-refractivity contribution in [2.45, 2.75) is 25.4 Å². The van der Waals surface area contributed by atoms with E-state index in [-0.39, 0.29) is 0 Å². The van der Waals surface area contributed by atoms with Crippen molar-refractivity contribution >= 4 is 12.4 Å². The van der Waals surface area contributed by atoms with Gasteiger partial charge in [0.15, 0.2) is 0 Å². The number of aldehydes is 1. The van der Waals surface area contributed by atoms with E-state index in [2.05, 4.69) is 5.73 Å². The Morgan fingerprint density at radius 3 is 2.33 bits per heavy atom. The zero-order valence-corrected chi connectivity index (χ0v) is 9.70. The second-order valence-corrected chi connectivity index (χ2v) is 3.73. The van der Waals surface area contributed by atoms with Gasteiger partial charge in [0, 0.05) is 6.42 Å². The van der Waals surface area contributed by atoms with Crippen molar-refractivity contribution in [1.82, 2.24) is 0 Å². The van der Waals surface area contributed by atoms with Crippen LogP contribution < -0.4 is 0 Å². The van der Waals surface area contributed by atoms with Gasteiger partial charge in [-0.2, -0.15) is 13.2 Å². The number of hydrogen-bond acceptors (Lipinski definition) is 1. The molecule has 0 amide bonds. The molecule has 0 heterocycles. The van der Waals surface area contributed by atoms with Crippen molar-refractivity contribution in [1.29, 1.82) is 0 Å². The molecule has 0 radical (unpaired) electrons. The summed E-state index contributed by atoms with van der Waals surface area (Å²) in [6, 6.07) is 4.88. The predicted octanol–water partition coefficient (Wildman–Crippen LogP) is 4.24. The second kappa shape index (κ2) is 6.82. The van der Waals surface area contributed by atoms with E-state index in [1.54, 1.807) is 12.2 Å². The molecule has 0 aromatic heterocycles. The molecular formula is C14H13F3O. The zero-order chi connectivity index (χ0) is 13.4. The lowest BCUT2D eigenvalue weighted by atomic mass is 10.1. The molecule has 1 aromatic rings. The molecule has 0 saturated heterocycles. The van der Waals surface area contributed by atoms with E-state index >= 15 is 0 Å². The van der Waals surface area contributed by atoms with Crippen molar-refractivity contribution in [3.05, 3.63) is 47.2 Å².